The van der Waals surface area contributed by atoms with Crippen LogP contribution in [0.1, 0.15) is 26.7 Å². The lowest BCUT2D eigenvalue weighted by Crippen LogP contribution is -2.46. The topological polar surface area (TPSA) is 114 Å². The smallest absolute Gasteiger partial charge is 0.432 e. The molecule has 0 aliphatic heterocycles. The van der Waals surface area contributed by atoms with E-state index in [1.165, 1.54) is 6.92 Å². The minimum atomic E-state index is -1.11. The molecule has 0 spiro atoms. The molecule has 0 rings (SSSR count). The van der Waals surface area contributed by atoms with Crippen molar-refractivity contribution in [1.82, 2.24) is 10.9 Å². The Bertz CT molecular complexity index is 294. The van der Waals surface area contributed by atoms with Crippen LogP contribution in [0.4, 0.5) is 4.79 Å². The molecule has 0 radical (unpaired) electrons. The normalized spacial score (nSPS) is 11.3. The Morgan fingerprint density at radius 1 is 1.28 bits per heavy atom. The second kappa shape index (κ2) is 9.23. The highest BCUT2D eigenvalue weighted by atomic mass is 16.7. The number of hydrogen-bond acceptors (Lipinski definition) is 6. The van der Waals surface area contributed by atoms with Gasteiger partial charge in [-0.25, -0.2) is 4.79 Å². The van der Waals surface area contributed by atoms with Gasteiger partial charge in [-0.1, -0.05) is 6.92 Å². The van der Waals surface area contributed by atoms with Gasteiger partial charge in [-0.3, -0.25) is 20.4 Å². The van der Waals surface area contributed by atoms with E-state index in [1.54, 1.807) is 0 Å². The minimum absolute atomic E-state index is 0.208. The van der Waals surface area contributed by atoms with Crippen molar-refractivity contribution in [3.63, 3.8) is 0 Å². The number of aliphatic hydroxyl groups is 1. The first-order chi connectivity index (χ1) is 8.51. The second-order valence-corrected chi connectivity index (χ2v) is 3.37. The van der Waals surface area contributed by atoms with Gasteiger partial charge in [0.05, 0.1) is 6.61 Å². The van der Waals surface area contributed by atoms with E-state index >= 15 is 0 Å². The Morgan fingerprint density at radius 3 is 2.50 bits per heavy atom. The van der Waals surface area contributed by atoms with Crippen LogP contribution in [0, 0.1) is 0 Å². The monoisotopic (exact) mass is 262 g/mol. The number of carbonyl (C=O) groups is 3. The Balaban J connectivity index is 3.88. The molecule has 0 heterocycles. The molecule has 0 fully saturated rings. The molecule has 0 saturated heterocycles. The molecule has 0 bridgehead atoms. The van der Waals surface area contributed by atoms with Gasteiger partial charge >= 0.3 is 6.16 Å². The summed E-state index contributed by atoms with van der Waals surface area (Å²) in [6, 6.07) is 0. The van der Waals surface area contributed by atoms with Crippen LogP contribution in [-0.2, 0) is 19.1 Å². The molecule has 0 aliphatic rings. The van der Waals surface area contributed by atoms with Crippen LogP contribution in [0.15, 0.2) is 0 Å². The molecule has 1 unspecified atom stereocenters. The van der Waals surface area contributed by atoms with Crippen LogP contribution in [0.2, 0.25) is 0 Å². The minimum Gasteiger partial charge on any atom is -0.432 e. The largest absolute Gasteiger partial charge is 0.509 e. The molecule has 104 valence electrons. The van der Waals surface area contributed by atoms with E-state index < -0.39 is 18.2 Å². The average molecular weight is 262 g/mol. The maximum atomic E-state index is 11.4. The summed E-state index contributed by atoms with van der Waals surface area (Å²) in [4.78, 5) is 33.3. The van der Waals surface area contributed by atoms with Crippen molar-refractivity contribution in [3.05, 3.63) is 0 Å². The van der Waals surface area contributed by atoms with Gasteiger partial charge in [-0.05, 0) is 13.3 Å². The van der Waals surface area contributed by atoms with Crippen molar-refractivity contribution in [2.24, 2.45) is 0 Å². The van der Waals surface area contributed by atoms with Gasteiger partial charge in [0.15, 0.2) is 6.10 Å². The first-order valence-electron chi connectivity index (χ1n) is 5.54. The molecule has 0 aromatic heterocycles. The number of carbonyl (C=O) groups excluding carboxylic acids is 3. The lowest BCUT2D eigenvalue weighted by Gasteiger charge is -2.13. The molecule has 0 saturated carbocycles. The van der Waals surface area contributed by atoms with Gasteiger partial charge in [-0.15, -0.1) is 0 Å². The number of ether oxygens (including phenoxy) is 2. The number of rotatable bonds is 6. The van der Waals surface area contributed by atoms with Crippen molar-refractivity contribution in [2.75, 3.05) is 13.2 Å². The van der Waals surface area contributed by atoms with E-state index in [-0.39, 0.29) is 25.5 Å². The summed E-state index contributed by atoms with van der Waals surface area (Å²) in [6.45, 7) is 2.61. The van der Waals surface area contributed by atoms with Crippen molar-refractivity contribution < 1.29 is 29.0 Å². The summed E-state index contributed by atoms with van der Waals surface area (Å²) in [5.74, 6) is -1.01. The number of amides is 2. The van der Waals surface area contributed by atoms with Crippen LogP contribution >= 0.6 is 0 Å². The fourth-order valence-corrected chi connectivity index (χ4v) is 0.883. The fourth-order valence-electron chi connectivity index (χ4n) is 0.883. The highest BCUT2D eigenvalue weighted by molar-refractivity contribution is 5.85. The fraction of sp³-hybridized carbons (Fsp3) is 0.700. The number of aliphatic hydroxyl groups excluding tert-OH is 1. The molecule has 0 aliphatic carbocycles. The summed E-state index contributed by atoms with van der Waals surface area (Å²) < 4.78 is 8.97. The first-order valence-corrected chi connectivity index (χ1v) is 5.54. The molecule has 18 heavy (non-hydrogen) atoms. The summed E-state index contributed by atoms with van der Waals surface area (Å²) in [7, 11) is 0. The Labute approximate surface area is 105 Å². The zero-order valence-electron chi connectivity index (χ0n) is 10.4. The summed E-state index contributed by atoms with van der Waals surface area (Å²) in [5.41, 5.74) is 4.28. The standard InChI is InChI=1S/C10H18N2O6/c1-3-4-8(14)11-12-9(15)7(2)18-10(16)17-6-5-13/h7,13H,3-6H2,1-2H3,(H,11,14)(H,12,15). The van der Waals surface area contributed by atoms with Crippen molar-refractivity contribution in [2.45, 2.75) is 32.8 Å². The zero-order valence-corrected chi connectivity index (χ0v) is 10.4. The van der Waals surface area contributed by atoms with Gasteiger partial charge < -0.3 is 14.6 Å². The number of nitrogens with one attached hydrogen (secondary N) is 2. The maximum Gasteiger partial charge on any atom is 0.509 e. The molecule has 1 atom stereocenters. The second-order valence-electron chi connectivity index (χ2n) is 3.37. The van der Waals surface area contributed by atoms with Crippen LogP contribution in [-0.4, -0.2) is 42.4 Å². The molecule has 2 amide bonds. The first kappa shape index (κ1) is 16.2. The van der Waals surface area contributed by atoms with Crippen LogP contribution < -0.4 is 10.9 Å². The van der Waals surface area contributed by atoms with Crippen molar-refractivity contribution >= 4 is 18.0 Å². The van der Waals surface area contributed by atoms with Gasteiger partial charge in [0.1, 0.15) is 6.61 Å². The number of hydrazine groups is 1. The average Bonchev–Trinajstić information content (AvgIpc) is 2.33. The highest BCUT2D eigenvalue weighted by Gasteiger charge is 2.18. The molecule has 8 nitrogen and oxygen atoms in total. The van der Waals surface area contributed by atoms with Crippen LogP contribution in [0.25, 0.3) is 0 Å². The lowest BCUT2D eigenvalue weighted by molar-refractivity contribution is -0.134. The van der Waals surface area contributed by atoms with E-state index in [4.69, 9.17) is 5.11 Å². The van der Waals surface area contributed by atoms with Gasteiger partial charge in [0, 0.05) is 6.42 Å². The SMILES string of the molecule is CCCC(=O)NNC(=O)C(C)OC(=O)OCCO. The van der Waals surface area contributed by atoms with Crippen molar-refractivity contribution in [3.8, 4) is 0 Å². The van der Waals surface area contributed by atoms with E-state index in [1.807, 2.05) is 6.92 Å². The summed E-state index contributed by atoms with van der Waals surface area (Å²) >= 11 is 0. The lowest BCUT2D eigenvalue weighted by atomic mass is 10.3. The third-order valence-electron chi connectivity index (χ3n) is 1.76. The molecule has 3 N–H and O–H groups in total. The van der Waals surface area contributed by atoms with Crippen LogP contribution in [0.3, 0.4) is 0 Å². The van der Waals surface area contributed by atoms with Crippen molar-refractivity contribution in [1.29, 1.82) is 0 Å². The van der Waals surface area contributed by atoms with E-state index in [0.717, 1.165) is 0 Å². The predicted molar refractivity (Wildman–Crippen MR) is 60.2 cm³/mol. The van der Waals surface area contributed by atoms with Gasteiger partial charge in [-0.2, -0.15) is 0 Å². The number of hydrogen-bond donors (Lipinski definition) is 3. The molecular weight excluding hydrogens is 244 g/mol. The quantitative estimate of drug-likeness (QED) is 0.438. The Hall–Kier alpha value is -1.83. The molecule has 0 aromatic rings. The molecular formula is C10H18N2O6. The molecule has 8 heteroatoms. The van der Waals surface area contributed by atoms with E-state index in [2.05, 4.69) is 20.3 Å². The highest BCUT2D eigenvalue weighted by Crippen LogP contribution is 1.94. The third kappa shape index (κ3) is 7.44. The Morgan fingerprint density at radius 2 is 1.94 bits per heavy atom. The maximum absolute atomic E-state index is 11.4. The molecule has 0 aromatic carbocycles. The zero-order chi connectivity index (χ0) is 14.0. The van der Waals surface area contributed by atoms with Gasteiger partial charge in [0.2, 0.25) is 5.91 Å². The Kier molecular flexibility index (Phi) is 8.29. The third-order valence-corrected chi connectivity index (χ3v) is 1.76. The van der Waals surface area contributed by atoms with E-state index in [9.17, 15) is 14.4 Å². The van der Waals surface area contributed by atoms with Gasteiger partial charge in [0.25, 0.3) is 5.91 Å². The van der Waals surface area contributed by atoms with E-state index in [0.29, 0.717) is 6.42 Å². The predicted octanol–water partition coefficient (Wildman–Crippen LogP) is -0.532. The summed E-state index contributed by atoms with van der Waals surface area (Å²) in [5, 5.41) is 8.39. The van der Waals surface area contributed by atoms with Crippen LogP contribution in [0.5, 0.6) is 0 Å². The summed E-state index contributed by atoms with van der Waals surface area (Å²) in [6.07, 6.45) is -1.24.